The largest absolute Gasteiger partial charge is 0.378 e. The smallest absolute Gasteiger partial charge is 0.262 e. The van der Waals surface area contributed by atoms with Crippen molar-refractivity contribution in [2.45, 2.75) is 6.92 Å². The molecule has 0 spiro atoms. The third-order valence-corrected chi connectivity index (χ3v) is 4.65. The highest BCUT2D eigenvalue weighted by Crippen LogP contribution is 2.37. The number of azo groups is 1. The summed E-state index contributed by atoms with van der Waals surface area (Å²) in [6.07, 6.45) is 0. The minimum atomic E-state index is -0.647. The van der Waals surface area contributed by atoms with E-state index >= 15 is 0 Å². The Hall–Kier alpha value is -4.57. The third-order valence-electron chi connectivity index (χ3n) is 4.65. The molecule has 10 nitrogen and oxygen atoms in total. The van der Waals surface area contributed by atoms with Crippen LogP contribution in [-0.4, -0.2) is 43.8 Å². The van der Waals surface area contributed by atoms with Crippen LogP contribution >= 0.6 is 0 Å². The number of hydrogen-bond donors (Lipinski definition) is 1. The molecule has 0 bridgehead atoms. The topological polar surface area (TPSA) is 142 Å². The van der Waals surface area contributed by atoms with Crippen LogP contribution in [0.5, 0.6) is 0 Å². The van der Waals surface area contributed by atoms with Gasteiger partial charge >= 0.3 is 0 Å². The number of carbonyl (C=O) groups is 3. The lowest BCUT2D eigenvalue weighted by Crippen LogP contribution is -2.24. The summed E-state index contributed by atoms with van der Waals surface area (Å²) in [7, 11) is 4.98. The van der Waals surface area contributed by atoms with Gasteiger partial charge in [0.15, 0.2) is 0 Å². The summed E-state index contributed by atoms with van der Waals surface area (Å²) in [6.45, 7) is 1.35. The maximum absolute atomic E-state index is 12.4. The molecule has 2 aromatic carbocycles. The van der Waals surface area contributed by atoms with Crippen molar-refractivity contribution >= 4 is 40.5 Å². The molecule has 1 N–H and O–H groups in total. The molecule has 154 valence electrons. The monoisotopic (exact) mass is 415 g/mol. The van der Waals surface area contributed by atoms with Gasteiger partial charge in [0.25, 0.3) is 11.8 Å². The fourth-order valence-electron chi connectivity index (χ4n) is 3.09. The first-order chi connectivity index (χ1) is 14.7. The van der Waals surface area contributed by atoms with Gasteiger partial charge in [0, 0.05) is 33.8 Å². The third kappa shape index (κ3) is 3.70. The molecular formula is C21H17N7O3. The molecule has 1 aliphatic heterocycles. The maximum Gasteiger partial charge on any atom is 0.262 e. The van der Waals surface area contributed by atoms with Gasteiger partial charge in [0.2, 0.25) is 5.91 Å². The molecule has 0 unspecified atom stereocenters. The zero-order chi connectivity index (χ0) is 22.9. The summed E-state index contributed by atoms with van der Waals surface area (Å²) < 4.78 is 0. The lowest BCUT2D eigenvalue weighted by Gasteiger charge is -2.15. The second-order valence-electron chi connectivity index (χ2n) is 6.94. The predicted molar refractivity (Wildman–Crippen MR) is 112 cm³/mol. The minimum absolute atomic E-state index is 0.0196. The van der Waals surface area contributed by atoms with E-state index < -0.39 is 11.8 Å². The molecule has 3 amide bonds. The molecule has 0 aliphatic carbocycles. The normalized spacial score (nSPS) is 12.5. The number of carbonyl (C=O) groups excluding carboxylic acids is 3. The van der Waals surface area contributed by atoms with Gasteiger partial charge in [-0.1, -0.05) is 0 Å². The average molecular weight is 415 g/mol. The highest BCUT2D eigenvalue weighted by molar-refractivity contribution is 6.23. The number of anilines is 2. The minimum Gasteiger partial charge on any atom is -0.378 e. The van der Waals surface area contributed by atoms with E-state index in [0.29, 0.717) is 5.69 Å². The standard InChI is InChI=1S/C21H17N7O3/c1-11(29)24-17-8-13(27(2)3)5-6-16(17)25-26-19-12(9-22)7-14-18(15(19)10-23)21(31)28(4)20(14)30/h5-8H,1-4H3,(H,24,29)/b26-25+. The van der Waals surface area contributed by atoms with Gasteiger partial charge in [-0.3, -0.25) is 19.3 Å². The van der Waals surface area contributed by atoms with Crippen molar-refractivity contribution in [3.05, 3.63) is 46.5 Å². The van der Waals surface area contributed by atoms with Crippen molar-refractivity contribution < 1.29 is 14.4 Å². The molecule has 10 heteroatoms. The van der Waals surface area contributed by atoms with Crippen molar-refractivity contribution in [3.63, 3.8) is 0 Å². The van der Waals surface area contributed by atoms with Crippen LogP contribution < -0.4 is 10.2 Å². The van der Waals surface area contributed by atoms with Crippen molar-refractivity contribution in [1.29, 1.82) is 10.5 Å². The van der Waals surface area contributed by atoms with Crippen LogP contribution in [0.25, 0.3) is 0 Å². The van der Waals surface area contributed by atoms with Gasteiger partial charge in [-0.2, -0.15) is 10.5 Å². The Morgan fingerprint density at radius 3 is 2.39 bits per heavy atom. The first kappa shape index (κ1) is 21.1. The Morgan fingerprint density at radius 2 is 1.81 bits per heavy atom. The van der Waals surface area contributed by atoms with E-state index in [0.717, 1.165) is 10.6 Å². The van der Waals surface area contributed by atoms with Gasteiger partial charge in [0.05, 0.1) is 27.9 Å². The van der Waals surface area contributed by atoms with Crippen LogP contribution in [0.2, 0.25) is 0 Å². The first-order valence-corrected chi connectivity index (χ1v) is 9.03. The summed E-state index contributed by atoms with van der Waals surface area (Å²) in [5, 5.41) is 30.0. The van der Waals surface area contributed by atoms with E-state index in [1.807, 2.05) is 31.1 Å². The molecule has 0 fully saturated rings. The van der Waals surface area contributed by atoms with Crippen molar-refractivity contribution in [2.24, 2.45) is 10.2 Å². The van der Waals surface area contributed by atoms with Crippen molar-refractivity contribution in [2.75, 3.05) is 31.4 Å². The molecule has 0 atom stereocenters. The van der Waals surface area contributed by atoms with E-state index in [-0.39, 0.29) is 39.5 Å². The molecule has 0 saturated heterocycles. The van der Waals surface area contributed by atoms with Crippen LogP contribution in [0, 0.1) is 22.7 Å². The molecule has 1 heterocycles. The molecular weight excluding hydrogens is 398 g/mol. The van der Waals surface area contributed by atoms with Crippen molar-refractivity contribution in [3.8, 4) is 12.1 Å². The molecule has 2 aromatic rings. The maximum atomic E-state index is 12.4. The van der Waals surface area contributed by atoms with Crippen LogP contribution in [-0.2, 0) is 4.79 Å². The lowest BCUT2D eigenvalue weighted by molar-refractivity contribution is -0.114. The first-order valence-electron chi connectivity index (χ1n) is 9.03. The van der Waals surface area contributed by atoms with E-state index in [1.165, 1.54) is 20.0 Å². The fourth-order valence-corrected chi connectivity index (χ4v) is 3.09. The highest BCUT2D eigenvalue weighted by Gasteiger charge is 2.37. The molecule has 3 rings (SSSR count). The van der Waals surface area contributed by atoms with Crippen LogP contribution in [0.3, 0.4) is 0 Å². The number of hydrogen-bond acceptors (Lipinski definition) is 8. The number of nitrogens with zero attached hydrogens (tertiary/aromatic N) is 6. The van der Waals surface area contributed by atoms with Crippen LogP contribution in [0.15, 0.2) is 34.5 Å². The number of rotatable bonds is 4. The molecule has 0 aromatic heterocycles. The zero-order valence-corrected chi connectivity index (χ0v) is 17.2. The van der Waals surface area contributed by atoms with Crippen molar-refractivity contribution in [1.82, 2.24) is 4.90 Å². The highest BCUT2D eigenvalue weighted by atomic mass is 16.2. The molecule has 31 heavy (non-hydrogen) atoms. The van der Waals surface area contributed by atoms with E-state index in [1.54, 1.807) is 18.2 Å². The number of amides is 3. The van der Waals surface area contributed by atoms with Gasteiger partial charge in [-0.05, 0) is 24.3 Å². The fraction of sp³-hybridized carbons (Fsp3) is 0.190. The summed E-state index contributed by atoms with van der Waals surface area (Å²) in [6, 6.07) is 10.1. The number of fused-ring (bicyclic) bond motifs is 1. The predicted octanol–water partition coefficient (Wildman–Crippen LogP) is 3.10. The Kier molecular flexibility index (Phi) is 5.49. The lowest BCUT2D eigenvalue weighted by atomic mass is 9.97. The second-order valence-corrected chi connectivity index (χ2v) is 6.94. The summed E-state index contributed by atoms with van der Waals surface area (Å²) in [5.41, 5.74) is 0.962. The number of imide groups is 1. The Labute approximate surface area is 178 Å². The molecule has 0 radical (unpaired) electrons. The van der Waals surface area contributed by atoms with Gasteiger partial charge in [0.1, 0.15) is 23.5 Å². The van der Waals surface area contributed by atoms with Gasteiger partial charge < -0.3 is 10.2 Å². The average Bonchev–Trinajstić information content (AvgIpc) is 2.95. The number of benzene rings is 2. The Bertz CT molecular complexity index is 1250. The van der Waals surface area contributed by atoms with Crippen LogP contribution in [0.1, 0.15) is 38.8 Å². The van der Waals surface area contributed by atoms with Gasteiger partial charge in [-0.25, -0.2) is 0 Å². The number of nitriles is 2. The van der Waals surface area contributed by atoms with E-state index in [9.17, 15) is 24.9 Å². The molecule has 0 saturated carbocycles. The Morgan fingerprint density at radius 1 is 1.10 bits per heavy atom. The van der Waals surface area contributed by atoms with Crippen LogP contribution in [0.4, 0.5) is 22.7 Å². The SMILES string of the molecule is CC(=O)Nc1cc(N(C)C)ccc1/N=N/c1c(C#N)cc2c(c1C#N)C(=O)N(C)C2=O. The summed E-state index contributed by atoms with van der Waals surface area (Å²) in [5.74, 6) is -1.55. The summed E-state index contributed by atoms with van der Waals surface area (Å²) in [4.78, 5) is 39.0. The summed E-state index contributed by atoms with van der Waals surface area (Å²) >= 11 is 0. The van der Waals surface area contributed by atoms with E-state index in [2.05, 4.69) is 15.5 Å². The second kappa shape index (κ2) is 8.05. The van der Waals surface area contributed by atoms with Gasteiger partial charge in [-0.15, -0.1) is 10.2 Å². The Balaban J connectivity index is 2.17. The quantitative estimate of drug-likeness (QED) is 0.600. The number of nitrogens with one attached hydrogen (secondary N) is 1. The zero-order valence-electron chi connectivity index (χ0n) is 17.2. The molecule has 1 aliphatic rings. The van der Waals surface area contributed by atoms with E-state index in [4.69, 9.17) is 0 Å².